The number of nitrogens with one attached hydrogen (secondary N) is 1. The lowest BCUT2D eigenvalue weighted by Gasteiger charge is -2.12. The number of hydrogen-bond donors (Lipinski definition) is 1. The van der Waals surface area contributed by atoms with Crippen molar-refractivity contribution < 1.29 is 14.3 Å². The van der Waals surface area contributed by atoms with E-state index in [9.17, 15) is 4.79 Å². The molecule has 0 atom stereocenters. The van der Waals surface area contributed by atoms with Crippen LogP contribution in [0.5, 0.6) is 11.5 Å². The molecule has 104 valence electrons. The predicted octanol–water partition coefficient (Wildman–Crippen LogP) is 4.09. The highest BCUT2D eigenvalue weighted by molar-refractivity contribution is 9.10. The topological polar surface area (TPSA) is 47.6 Å². The van der Waals surface area contributed by atoms with E-state index in [0.717, 1.165) is 4.47 Å². The van der Waals surface area contributed by atoms with Gasteiger partial charge in [-0.25, -0.2) is 0 Å². The minimum Gasteiger partial charge on any atom is -0.456 e. The van der Waals surface area contributed by atoms with Gasteiger partial charge in [0, 0.05) is 5.02 Å². The van der Waals surface area contributed by atoms with Crippen molar-refractivity contribution in [3.63, 3.8) is 0 Å². The van der Waals surface area contributed by atoms with Gasteiger partial charge in [-0.2, -0.15) is 0 Å². The molecule has 2 aromatic carbocycles. The lowest BCUT2D eigenvalue weighted by molar-refractivity contribution is -0.105. The zero-order valence-electron chi connectivity index (χ0n) is 10.3. The number of anilines is 1. The Morgan fingerprint density at radius 3 is 2.65 bits per heavy atom. The van der Waals surface area contributed by atoms with Crippen LogP contribution >= 0.6 is 27.5 Å². The van der Waals surface area contributed by atoms with E-state index < -0.39 is 0 Å². The van der Waals surface area contributed by atoms with Crippen molar-refractivity contribution in [1.29, 1.82) is 0 Å². The Bertz CT molecular complexity index is 607. The van der Waals surface area contributed by atoms with Gasteiger partial charge < -0.3 is 14.8 Å². The van der Waals surface area contributed by atoms with E-state index in [2.05, 4.69) is 21.2 Å². The number of carbonyl (C=O) groups excluding carboxylic acids is 1. The van der Waals surface area contributed by atoms with Crippen LogP contribution in [0.3, 0.4) is 0 Å². The Morgan fingerprint density at radius 1 is 1.15 bits per heavy atom. The zero-order chi connectivity index (χ0) is 14.4. The molecule has 0 unspecified atom stereocenters. The van der Waals surface area contributed by atoms with Crippen LogP contribution in [0.4, 0.5) is 5.69 Å². The highest BCUT2D eigenvalue weighted by Gasteiger charge is 2.05. The summed E-state index contributed by atoms with van der Waals surface area (Å²) in [6.45, 7) is 0.0117. The van der Waals surface area contributed by atoms with E-state index in [0.29, 0.717) is 28.6 Å². The number of hydrogen-bond acceptors (Lipinski definition) is 3. The lowest BCUT2D eigenvalue weighted by atomic mass is 10.3. The fourth-order valence-corrected chi connectivity index (χ4v) is 2.09. The number of ether oxygens (including phenoxy) is 2. The Kier molecular flexibility index (Phi) is 5.26. The molecule has 0 heterocycles. The van der Waals surface area contributed by atoms with Crippen LogP contribution in [0.1, 0.15) is 0 Å². The first-order valence-corrected chi connectivity index (χ1v) is 6.87. The van der Waals surface area contributed by atoms with E-state index in [4.69, 9.17) is 21.1 Å². The first-order chi connectivity index (χ1) is 9.70. The number of rotatable bonds is 6. The van der Waals surface area contributed by atoms with Crippen LogP contribution in [-0.4, -0.2) is 13.2 Å². The summed E-state index contributed by atoms with van der Waals surface area (Å²) in [6.07, 6.45) is 0.563. The van der Waals surface area contributed by atoms with Gasteiger partial charge in [-0.1, -0.05) is 23.7 Å². The number of amides is 1. The Labute approximate surface area is 129 Å². The molecule has 0 radical (unpaired) electrons. The number of para-hydroxylation sites is 1. The largest absolute Gasteiger partial charge is 0.456 e. The van der Waals surface area contributed by atoms with Gasteiger partial charge in [0.25, 0.3) is 0 Å². The predicted molar refractivity (Wildman–Crippen MR) is 81.4 cm³/mol. The van der Waals surface area contributed by atoms with Crippen molar-refractivity contribution in [2.75, 3.05) is 12.1 Å². The van der Waals surface area contributed by atoms with Crippen LogP contribution in [0.25, 0.3) is 0 Å². The lowest BCUT2D eigenvalue weighted by Crippen LogP contribution is -2.08. The maximum absolute atomic E-state index is 10.5. The van der Waals surface area contributed by atoms with Crippen LogP contribution in [0.15, 0.2) is 46.9 Å². The standard InChI is InChI=1S/C14H11BrClNO3/c15-11-3-1-2-4-13(11)19-9-20-14-6-5-10(16)7-12(14)17-8-18/h1-8H,9H2,(H,17,18). The number of halogens is 2. The minimum atomic E-state index is 0.0117. The fourth-order valence-electron chi connectivity index (χ4n) is 1.52. The molecule has 1 amide bonds. The average Bonchev–Trinajstić information content (AvgIpc) is 2.43. The molecule has 0 saturated carbocycles. The van der Waals surface area contributed by atoms with Crippen molar-refractivity contribution >= 4 is 39.6 Å². The van der Waals surface area contributed by atoms with Crippen molar-refractivity contribution in [1.82, 2.24) is 0 Å². The van der Waals surface area contributed by atoms with E-state index >= 15 is 0 Å². The summed E-state index contributed by atoms with van der Waals surface area (Å²) in [5.74, 6) is 1.15. The third-order valence-electron chi connectivity index (χ3n) is 2.42. The maximum Gasteiger partial charge on any atom is 0.231 e. The molecule has 2 rings (SSSR count). The quantitative estimate of drug-likeness (QED) is 0.626. The molecule has 0 saturated heterocycles. The monoisotopic (exact) mass is 355 g/mol. The summed E-state index contributed by atoms with van der Waals surface area (Å²) in [5.41, 5.74) is 0.489. The minimum absolute atomic E-state index is 0.0117. The first kappa shape index (κ1) is 14.7. The van der Waals surface area contributed by atoms with Crippen molar-refractivity contribution in [3.8, 4) is 11.5 Å². The Morgan fingerprint density at radius 2 is 1.90 bits per heavy atom. The maximum atomic E-state index is 10.5. The molecule has 0 aliphatic heterocycles. The van der Waals surface area contributed by atoms with Gasteiger partial charge in [-0.3, -0.25) is 4.79 Å². The second-order valence-corrected chi connectivity index (χ2v) is 5.03. The molecule has 1 N–H and O–H groups in total. The molecule has 0 aromatic heterocycles. The van der Waals surface area contributed by atoms with E-state index in [1.165, 1.54) is 0 Å². The molecule has 0 aliphatic rings. The Balaban J connectivity index is 2.00. The second-order valence-electron chi connectivity index (χ2n) is 3.74. The molecule has 0 spiro atoms. The summed E-state index contributed by atoms with van der Waals surface area (Å²) < 4.78 is 11.8. The summed E-state index contributed by atoms with van der Waals surface area (Å²) in [6, 6.07) is 12.4. The molecule has 0 fully saturated rings. The SMILES string of the molecule is O=CNc1cc(Cl)ccc1OCOc1ccccc1Br. The highest BCUT2D eigenvalue weighted by atomic mass is 79.9. The van der Waals surface area contributed by atoms with Crippen LogP contribution in [0.2, 0.25) is 5.02 Å². The highest BCUT2D eigenvalue weighted by Crippen LogP contribution is 2.28. The molecule has 20 heavy (non-hydrogen) atoms. The van der Waals surface area contributed by atoms with Crippen LogP contribution in [-0.2, 0) is 4.79 Å². The fraction of sp³-hybridized carbons (Fsp3) is 0.0714. The van der Waals surface area contributed by atoms with E-state index in [-0.39, 0.29) is 6.79 Å². The van der Waals surface area contributed by atoms with Gasteiger partial charge in [0.2, 0.25) is 13.2 Å². The van der Waals surface area contributed by atoms with Gasteiger partial charge in [-0.05, 0) is 46.3 Å². The van der Waals surface area contributed by atoms with E-state index in [1.54, 1.807) is 18.2 Å². The van der Waals surface area contributed by atoms with Crippen LogP contribution < -0.4 is 14.8 Å². The summed E-state index contributed by atoms with van der Waals surface area (Å²) >= 11 is 9.23. The Hall–Kier alpha value is -1.72. The third kappa shape index (κ3) is 3.88. The van der Waals surface area contributed by atoms with Gasteiger partial charge in [0.15, 0.2) is 0 Å². The molecule has 0 aliphatic carbocycles. The molecule has 2 aromatic rings. The zero-order valence-corrected chi connectivity index (χ0v) is 12.6. The normalized spacial score (nSPS) is 9.90. The molecule has 0 bridgehead atoms. The van der Waals surface area contributed by atoms with Crippen molar-refractivity contribution in [3.05, 3.63) is 52.0 Å². The third-order valence-corrected chi connectivity index (χ3v) is 3.31. The smallest absolute Gasteiger partial charge is 0.231 e. The van der Waals surface area contributed by atoms with E-state index in [1.807, 2.05) is 24.3 Å². The number of carbonyl (C=O) groups is 1. The molecular weight excluding hydrogens is 346 g/mol. The van der Waals surface area contributed by atoms with Gasteiger partial charge >= 0.3 is 0 Å². The summed E-state index contributed by atoms with van der Waals surface area (Å²) in [4.78, 5) is 10.5. The molecule has 4 nitrogen and oxygen atoms in total. The summed E-state index contributed by atoms with van der Waals surface area (Å²) in [5, 5.41) is 3.03. The number of benzene rings is 2. The summed E-state index contributed by atoms with van der Waals surface area (Å²) in [7, 11) is 0. The molecular formula is C14H11BrClNO3. The van der Waals surface area contributed by atoms with Crippen molar-refractivity contribution in [2.45, 2.75) is 0 Å². The van der Waals surface area contributed by atoms with Crippen LogP contribution in [0, 0.1) is 0 Å². The van der Waals surface area contributed by atoms with Gasteiger partial charge in [-0.15, -0.1) is 0 Å². The van der Waals surface area contributed by atoms with Gasteiger partial charge in [0.1, 0.15) is 11.5 Å². The molecule has 6 heteroatoms. The first-order valence-electron chi connectivity index (χ1n) is 5.70. The second kappa shape index (κ2) is 7.17. The average molecular weight is 357 g/mol. The van der Waals surface area contributed by atoms with Gasteiger partial charge in [0.05, 0.1) is 10.2 Å². The van der Waals surface area contributed by atoms with Crippen molar-refractivity contribution in [2.24, 2.45) is 0 Å².